The highest BCUT2D eigenvalue weighted by Crippen LogP contribution is 2.27. The highest BCUT2D eigenvalue weighted by Gasteiger charge is 2.25. The largest absolute Gasteiger partial charge is 0.397 e. The molecule has 3 nitrogen and oxygen atoms in total. The maximum Gasteiger partial charge on any atom is 0.129 e. The Labute approximate surface area is 97.7 Å². The van der Waals surface area contributed by atoms with Crippen LogP contribution in [0.25, 0.3) is 0 Å². The minimum absolute atomic E-state index is 0.573. The van der Waals surface area contributed by atoms with E-state index in [1.165, 1.54) is 12.8 Å². The van der Waals surface area contributed by atoms with Gasteiger partial charge in [0.15, 0.2) is 0 Å². The first-order valence-electron chi connectivity index (χ1n) is 6.09. The van der Waals surface area contributed by atoms with Crippen LogP contribution in [0.15, 0.2) is 12.1 Å². The average Bonchev–Trinajstić information content (AvgIpc) is 2.26. The highest BCUT2D eigenvalue weighted by atomic mass is 15.2. The molecule has 1 aliphatic rings. The van der Waals surface area contributed by atoms with Gasteiger partial charge in [0.05, 0.1) is 11.4 Å². The van der Waals surface area contributed by atoms with Gasteiger partial charge in [-0.2, -0.15) is 0 Å². The summed E-state index contributed by atoms with van der Waals surface area (Å²) >= 11 is 0. The number of aromatic nitrogens is 1. The lowest BCUT2D eigenvalue weighted by molar-refractivity contribution is 0.361. The van der Waals surface area contributed by atoms with E-state index in [0.29, 0.717) is 6.04 Å². The van der Waals surface area contributed by atoms with E-state index < -0.39 is 0 Å². The molecule has 1 fully saturated rings. The third-order valence-corrected chi connectivity index (χ3v) is 3.78. The molecule has 1 aliphatic heterocycles. The van der Waals surface area contributed by atoms with E-state index in [9.17, 15) is 0 Å². The lowest BCUT2D eigenvalue weighted by Gasteiger charge is -2.39. The van der Waals surface area contributed by atoms with Gasteiger partial charge in [0.1, 0.15) is 5.82 Å². The van der Waals surface area contributed by atoms with E-state index in [1.807, 2.05) is 19.1 Å². The van der Waals surface area contributed by atoms with Crippen molar-refractivity contribution in [2.45, 2.75) is 39.7 Å². The maximum atomic E-state index is 5.80. The Morgan fingerprint density at radius 3 is 2.81 bits per heavy atom. The molecule has 1 aromatic heterocycles. The first-order chi connectivity index (χ1) is 7.59. The minimum Gasteiger partial charge on any atom is -0.397 e. The van der Waals surface area contributed by atoms with Crippen LogP contribution in [0, 0.1) is 12.8 Å². The number of rotatable bonds is 1. The summed E-state index contributed by atoms with van der Waals surface area (Å²) in [4.78, 5) is 6.99. The van der Waals surface area contributed by atoms with E-state index in [0.717, 1.165) is 29.7 Å². The molecule has 0 spiro atoms. The molecule has 0 bridgehead atoms. The van der Waals surface area contributed by atoms with Gasteiger partial charge in [-0.05, 0) is 44.7 Å². The Hall–Kier alpha value is -1.25. The monoisotopic (exact) mass is 219 g/mol. The first-order valence-corrected chi connectivity index (χ1v) is 6.09. The van der Waals surface area contributed by atoms with Crippen LogP contribution in [-0.2, 0) is 0 Å². The second-order valence-corrected chi connectivity index (χ2v) is 4.90. The number of hydrogen-bond donors (Lipinski definition) is 1. The normalized spacial score (nSPS) is 25.8. The SMILES string of the molecule is Cc1nc(N2CCCC(C)C2C)ccc1N. The van der Waals surface area contributed by atoms with Crippen LogP contribution in [0.2, 0.25) is 0 Å². The van der Waals surface area contributed by atoms with Crippen LogP contribution >= 0.6 is 0 Å². The third-order valence-electron chi connectivity index (χ3n) is 3.78. The molecule has 1 saturated heterocycles. The van der Waals surface area contributed by atoms with Crippen molar-refractivity contribution < 1.29 is 0 Å². The highest BCUT2D eigenvalue weighted by molar-refractivity contribution is 5.51. The van der Waals surface area contributed by atoms with Crippen molar-refractivity contribution in [3.05, 3.63) is 17.8 Å². The van der Waals surface area contributed by atoms with Crippen molar-refractivity contribution in [2.24, 2.45) is 5.92 Å². The number of pyridine rings is 1. The lowest BCUT2D eigenvalue weighted by atomic mass is 9.92. The standard InChI is InChI=1S/C13H21N3/c1-9-5-4-8-16(11(9)3)13-7-6-12(14)10(2)15-13/h6-7,9,11H,4-5,8,14H2,1-3H3. The fourth-order valence-corrected chi connectivity index (χ4v) is 2.38. The van der Waals surface area contributed by atoms with Crippen molar-refractivity contribution in [3.8, 4) is 0 Å². The van der Waals surface area contributed by atoms with E-state index in [2.05, 4.69) is 23.7 Å². The zero-order chi connectivity index (χ0) is 11.7. The van der Waals surface area contributed by atoms with E-state index >= 15 is 0 Å². The second-order valence-electron chi connectivity index (χ2n) is 4.90. The molecule has 0 aromatic carbocycles. The van der Waals surface area contributed by atoms with Crippen molar-refractivity contribution in [1.29, 1.82) is 0 Å². The fraction of sp³-hybridized carbons (Fsp3) is 0.615. The first kappa shape index (κ1) is 11.2. The van der Waals surface area contributed by atoms with Crippen LogP contribution < -0.4 is 10.6 Å². The molecule has 0 radical (unpaired) electrons. The van der Waals surface area contributed by atoms with Crippen molar-refractivity contribution in [2.75, 3.05) is 17.2 Å². The van der Waals surface area contributed by atoms with Gasteiger partial charge in [-0.25, -0.2) is 4.98 Å². The molecular formula is C13H21N3. The minimum atomic E-state index is 0.573. The van der Waals surface area contributed by atoms with Gasteiger partial charge in [0.2, 0.25) is 0 Å². The summed E-state index contributed by atoms with van der Waals surface area (Å²) in [5.41, 5.74) is 7.51. The zero-order valence-electron chi connectivity index (χ0n) is 10.4. The van der Waals surface area contributed by atoms with Crippen molar-refractivity contribution in [3.63, 3.8) is 0 Å². The van der Waals surface area contributed by atoms with E-state index in [4.69, 9.17) is 5.73 Å². The molecule has 2 rings (SSSR count). The summed E-state index contributed by atoms with van der Waals surface area (Å²) in [5, 5.41) is 0. The lowest BCUT2D eigenvalue weighted by Crippen LogP contribution is -2.42. The molecule has 16 heavy (non-hydrogen) atoms. The van der Waals surface area contributed by atoms with Gasteiger partial charge in [-0.15, -0.1) is 0 Å². The Morgan fingerprint density at radius 1 is 1.38 bits per heavy atom. The summed E-state index contributed by atoms with van der Waals surface area (Å²) < 4.78 is 0. The van der Waals surface area contributed by atoms with Crippen molar-refractivity contribution >= 4 is 11.5 Å². The summed E-state index contributed by atoms with van der Waals surface area (Å²) in [6, 6.07) is 4.57. The van der Waals surface area contributed by atoms with Crippen LogP contribution in [-0.4, -0.2) is 17.6 Å². The number of nitrogens with zero attached hydrogens (tertiary/aromatic N) is 2. The Kier molecular flexibility index (Phi) is 3.03. The Bertz CT molecular complexity index is 375. The summed E-state index contributed by atoms with van der Waals surface area (Å²) in [6.07, 6.45) is 2.59. The number of nitrogen functional groups attached to an aromatic ring is 1. The van der Waals surface area contributed by atoms with Crippen LogP contribution in [0.3, 0.4) is 0 Å². The summed E-state index contributed by atoms with van der Waals surface area (Å²) in [6.45, 7) is 7.69. The van der Waals surface area contributed by atoms with Gasteiger partial charge < -0.3 is 10.6 Å². The molecule has 0 saturated carbocycles. The van der Waals surface area contributed by atoms with Gasteiger partial charge in [-0.3, -0.25) is 0 Å². The van der Waals surface area contributed by atoms with Gasteiger partial charge in [0, 0.05) is 12.6 Å². The molecule has 0 amide bonds. The molecule has 2 unspecified atom stereocenters. The molecule has 0 aliphatic carbocycles. The second kappa shape index (κ2) is 4.32. The Balaban J connectivity index is 2.25. The predicted molar refractivity (Wildman–Crippen MR) is 68.6 cm³/mol. The number of aryl methyl sites for hydroxylation is 1. The van der Waals surface area contributed by atoms with E-state index in [-0.39, 0.29) is 0 Å². The van der Waals surface area contributed by atoms with Crippen LogP contribution in [0.5, 0.6) is 0 Å². The third kappa shape index (κ3) is 1.99. The fourth-order valence-electron chi connectivity index (χ4n) is 2.38. The summed E-state index contributed by atoms with van der Waals surface area (Å²) in [7, 11) is 0. The summed E-state index contributed by atoms with van der Waals surface area (Å²) in [5.74, 6) is 1.82. The van der Waals surface area contributed by atoms with Crippen LogP contribution in [0.1, 0.15) is 32.4 Å². The molecule has 88 valence electrons. The molecule has 3 heteroatoms. The predicted octanol–water partition coefficient (Wildman–Crippen LogP) is 2.60. The number of hydrogen-bond acceptors (Lipinski definition) is 3. The molecule has 2 heterocycles. The van der Waals surface area contributed by atoms with E-state index in [1.54, 1.807) is 0 Å². The topological polar surface area (TPSA) is 42.2 Å². The van der Waals surface area contributed by atoms with Crippen LogP contribution in [0.4, 0.5) is 11.5 Å². The molecular weight excluding hydrogens is 198 g/mol. The van der Waals surface area contributed by atoms with Crippen molar-refractivity contribution in [1.82, 2.24) is 4.98 Å². The number of anilines is 2. The average molecular weight is 219 g/mol. The smallest absolute Gasteiger partial charge is 0.129 e. The van der Waals surface area contributed by atoms with Gasteiger partial charge in [-0.1, -0.05) is 6.92 Å². The molecule has 1 aromatic rings. The quantitative estimate of drug-likeness (QED) is 0.789. The van der Waals surface area contributed by atoms with Gasteiger partial charge in [0.25, 0.3) is 0 Å². The molecule has 2 atom stereocenters. The maximum absolute atomic E-state index is 5.80. The zero-order valence-corrected chi connectivity index (χ0v) is 10.4. The number of piperidine rings is 1. The molecule has 2 N–H and O–H groups in total. The Morgan fingerprint density at radius 2 is 2.12 bits per heavy atom. The number of nitrogens with two attached hydrogens (primary N) is 1. The van der Waals surface area contributed by atoms with Gasteiger partial charge >= 0.3 is 0 Å².